The normalized spacial score (nSPS) is 17.2. The van der Waals surface area contributed by atoms with Crippen LogP contribution in [0.25, 0.3) is 6.08 Å². The van der Waals surface area contributed by atoms with E-state index in [4.69, 9.17) is 9.84 Å². The highest BCUT2D eigenvalue weighted by Gasteiger charge is 2.27. The molecule has 1 N–H and O–H groups in total. The van der Waals surface area contributed by atoms with Crippen LogP contribution in [0.5, 0.6) is 5.75 Å². The monoisotopic (exact) mass is 323 g/mol. The van der Waals surface area contributed by atoms with Gasteiger partial charge in [0.25, 0.3) is 5.70 Å². The molecule has 0 aliphatic carbocycles. The van der Waals surface area contributed by atoms with Gasteiger partial charge in [-0.15, -0.1) is 0 Å². The first-order valence-electron chi connectivity index (χ1n) is 7.00. The summed E-state index contributed by atoms with van der Waals surface area (Å²) in [4.78, 5) is 24.1. The van der Waals surface area contributed by atoms with Gasteiger partial charge < -0.3 is 19.6 Å². The number of rotatable bonds is 2. The summed E-state index contributed by atoms with van der Waals surface area (Å²) in [5, 5.41) is 19.7. The minimum Gasteiger partial charge on any atom is -0.479 e. The number of fused-ring (bicyclic) bond motifs is 1. The second-order valence-corrected chi connectivity index (χ2v) is 5.26. The number of piperazine rings is 1. The molecule has 0 unspecified atom stereocenters. The van der Waals surface area contributed by atoms with E-state index in [9.17, 15) is 19.3 Å². The summed E-state index contributed by atoms with van der Waals surface area (Å²) in [6, 6.07) is 3.10. The van der Waals surface area contributed by atoms with Gasteiger partial charge in [0.15, 0.2) is 18.2 Å². The average Bonchev–Trinajstić information content (AvgIpc) is 2.55. The smallest absolute Gasteiger partial charge is 0.407 e. The predicted octanol–water partition coefficient (Wildman–Crippen LogP) is 1.64. The third-order valence-corrected chi connectivity index (χ3v) is 3.92. The van der Waals surface area contributed by atoms with Crippen molar-refractivity contribution in [1.82, 2.24) is 4.90 Å². The maximum Gasteiger partial charge on any atom is 0.407 e. The predicted molar refractivity (Wildman–Crippen MR) is 78.7 cm³/mol. The minimum atomic E-state index is -0.989. The quantitative estimate of drug-likeness (QED) is 0.656. The SMILES string of the molecule is O=C(O)N1CCN(c2ccc3c(c2F)OCC([N+](=O)[O-])=C3)CC1. The number of carbonyl (C=O) groups is 1. The van der Waals surface area contributed by atoms with Gasteiger partial charge in [0.1, 0.15) is 0 Å². The first-order chi connectivity index (χ1) is 11.0. The van der Waals surface area contributed by atoms with Crippen molar-refractivity contribution >= 4 is 17.9 Å². The summed E-state index contributed by atoms with van der Waals surface area (Å²) in [6.07, 6.45) is 0.310. The lowest BCUT2D eigenvalue weighted by Gasteiger charge is -2.35. The fourth-order valence-electron chi connectivity index (χ4n) is 2.68. The molecular formula is C14H14FN3O5. The summed E-state index contributed by atoms with van der Waals surface area (Å²) in [6.45, 7) is 1.04. The van der Waals surface area contributed by atoms with Crippen LogP contribution in [-0.2, 0) is 0 Å². The maximum atomic E-state index is 14.6. The number of hydrogen-bond acceptors (Lipinski definition) is 5. The Hall–Kier alpha value is -2.84. The molecule has 9 heteroatoms. The molecule has 1 saturated heterocycles. The molecule has 0 saturated carbocycles. The Bertz CT molecular complexity index is 698. The standard InChI is InChI=1S/C14H14FN3O5/c15-12-11(16-3-5-17(6-4-16)14(19)20)2-1-9-7-10(18(21)22)8-23-13(9)12/h1-2,7H,3-6,8H2,(H,19,20). The van der Waals surface area contributed by atoms with Crippen molar-refractivity contribution in [2.75, 3.05) is 37.7 Å². The lowest BCUT2D eigenvalue weighted by atomic mass is 10.1. The van der Waals surface area contributed by atoms with E-state index in [0.717, 1.165) is 0 Å². The number of halogens is 1. The highest BCUT2D eigenvalue weighted by Crippen LogP contribution is 2.35. The molecule has 0 spiro atoms. The first kappa shape index (κ1) is 15.1. The fourth-order valence-corrected chi connectivity index (χ4v) is 2.68. The van der Waals surface area contributed by atoms with Gasteiger partial charge in [-0.3, -0.25) is 10.1 Å². The van der Waals surface area contributed by atoms with Gasteiger partial charge in [-0.05, 0) is 12.1 Å². The van der Waals surface area contributed by atoms with Crippen LogP contribution in [0.2, 0.25) is 0 Å². The number of benzene rings is 1. The molecule has 2 aliphatic heterocycles. The molecule has 2 heterocycles. The number of nitro groups is 1. The van der Waals surface area contributed by atoms with Gasteiger partial charge in [-0.25, -0.2) is 9.18 Å². The molecule has 3 rings (SSSR count). The number of hydrogen-bond donors (Lipinski definition) is 1. The molecule has 0 bridgehead atoms. The van der Waals surface area contributed by atoms with E-state index in [1.54, 1.807) is 11.0 Å². The number of carboxylic acid groups (broad SMARTS) is 1. The van der Waals surface area contributed by atoms with E-state index in [1.807, 2.05) is 0 Å². The lowest BCUT2D eigenvalue weighted by Crippen LogP contribution is -2.48. The molecule has 1 amide bonds. The second kappa shape index (κ2) is 5.75. The highest BCUT2D eigenvalue weighted by atomic mass is 19.1. The van der Waals surface area contributed by atoms with Crippen molar-refractivity contribution in [2.45, 2.75) is 0 Å². The molecule has 122 valence electrons. The zero-order valence-corrected chi connectivity index (χ0v) is 12.1. The molecule has 23 heavy (non-hydrogen) atoms. The summed E-state index contributed by atoms with van der Waals surface area (Å²) < 4.78 is 19.8. The molecule has 0 atom stereocenters. The van der Waals surface area contributed by atoms with Crippen LogP contribution in [0.15, 0.2) is 17.8 Å². The molecule has 1 fully saturated rings. The van der Waals surface area contributed by atoms with Gasteiger partial charge in [-0.1, -0.05) is 0 Å². The Morgan fingerprint density at radius 3 is 2.61 bits per heavy atom. The number of anilines is 1. The van der Waals surface area contributed by atoms with Gasteiger partial charge in [0.2, 0.25) is 0 Å². The van der Waals surface area contributed by atoms with E-state index in [2.05, 4.69) is 0 Å². The van der Waals surface area contributed by atoms with Gasteiger partial charge in [0, 0.05) is 37.8 Å². The Balaban J connectivity index is 1.84. The Kier molecular flexibility index (Phi) is 3.77. The van der Waals surface area contributed by atoms with Crippen LogP contribution in [0, 0.1) is 15.9 Å². The Morgan fingerprint density at radius 1 is 1.30 bits per heavy atom. The third-order valence-electron chi connectivity index (χ3n) is 3.92. The van der Waals surface area contributed by atoms with Crippen molar-refractivity contribution < 1.29 is 24.0 Å². The summed E-state index contributed by atoms with van der Waals surface area (Å²) in [7, 11) is 0. The van der Waals surface area contributed by atoms with E-state index in [-0.39, 0.29) is 31.1 Å². The van der Waals surface area contributed by atoms with E-state index >= 15 is 0 Å². The van der Waals surface area contributed by atoms with Crippen LogP contribution in [0.4, 0.5) is 14.9 Å². The van der Waals surface area contributed by atoms with Crippen LogP contribution in [-0.4, -0.2) is 53.8 Å². The molecule has 8 nitrogen and oxygen atoms in total. The number of ether oxygens (including phenoxy) is 1. The maximum absolute atomic E-state index is 14.6. The molecule has 0 aromatic heterocycles. The van der Waals surface area contributed by atoms with Crippen molar-refractivity contribution in [3.8, 4) is 5.75 Å². The fraction of sp³-hybridized carbons (Fsp3) is 0.357. The second-order valence-electron chi connectivity index (χ2n) is 5.26. The van der Waals surface area contributed by atoms with Crippen LogP contribution in [0.3, 0.4) is 0 Å². The van der Waals surface area contributed by atoms with Crippen molar-refractivity contribution in [2.24, 2.45) is 0 Å². The van der Waals surface area contributed by atoms with E-state index in [1.165, 1.54) is 17.0 Å². The molecular weight excluding hydrogens is 309 g/mol. The first-order valence-corrected chi connectivity index (χ1v) is 7.00. The topological polar surface area (TPSA) is 96.2 Å². The average molecular weight is 323 g/mol. The summed E-state index contributed by atoms with van der Waals surface area (Å²) >= 11 is 0. The van der Waals surface area contributed by atoms with Crippen LogP contribution >= 0.6 is 0 Å². The van der Waals surface area contributed by atoms with Gasteiger partial charge in [0.05, 0.1) is 10.6 Å². The number of nitrogens with zero attached hydrogens (tertiary/aromatic N) is 3. The van der Waals surface area contributed by atoms with Gasteiger partial charge in [-0.2, -0.15) is 0 Å². The highest BCUT2D eigenvalue weighted by molar-refractivity contribution is 5.68. The van der Waals surface area contributed by atoms with Gasteiger partial charge >= 0.3 is 6.09 Å². The number of amides is 1. The molecule has 2 aliphatic rings. The minimum absolute atomic E-state index is 0.00577. The lowest BCUT2D eigenvalue weighted by molar-refractivity contribution is -0.427. The Morgan fingerprint density at radius 2 is 2.00 bits per heavy atom. The van der Waals surface area contributed by atoms with Crippen molar-refractivity contribution in [3.63, 3.8) is 0 Å². The van der Waals surface area contributed by atoms with Crippen LogP contribution in [0.1, 0.15) is 5.56 Å². The van der Waals surface area contributed by atoms with E-state index < -0.39 is 16.8 Å². The van der Waals surface area contributed by atoms with Crippen molar-refractivity contribution in [1.29, 1.82) is 0 Å². The molecule has 1 aromatic carbocycles. The zero-order chi connectivity index (χ0) is 16.6. The molecule has 0 radical (unpaired) electrons. The summed E-state index contributed by atoms with van der Waals surface area (Å²) in [5.74, 6) is -0.585. The Labute approximate surface area is 130 Å². The summed E-state index contributed by atoms with van der Waals surface area (Å²) in [5.41, 5.74) is 0.514. The third kappa shape index (κ3) is 2.77. The largest absolute Gasteiger partial charge is 0.479 e. The van der Waals surface area contributed by atoms with E-state index in [0.29, 0.717) is 24.3 Å². The zero-order valence-electron chi connectivity index (χ0n) is 12.1. The van der Waals surface area contributed by atoms with Crippen LogP contribution < -0.4 is 9.64 Å². The molecule has 1 aromatic rings. The van der Waals surface area contributed by atoms with Crippen molar-refractivity contribution in [3.05, 3.63) is 39.3 Å².